The topological polar surface area (TPSA) is 86.8 Å². The largest absolute Gasteiger partial charge is 0.359 e. The van der Waals surface area contributed by atoms with Gasteiger partial charge in [-0.3, -0.25) is 14.8 Å². The first-order valence-corrected chi connectivity index (χ1v) is 9.39. The molecule has 3 aromatic heterocycles. The Hall–Kier alpha value is -3.22. The maximum atomic E-state index is 12.3. The van der Waals surface area contributed by atoms with Crippen LogP contribution < -0.4 is 15.8 Å². The van der Waals surface area contributed by atoms with Gasteiger partial charge in [0.25, 0.3) is 5.56 Å². The molecule has 0 fully saturated rings. The molecule has 0 aliphatic heterocycles. The number of H-pyrrole nitrogens is 1. The zero-order valence-corrected chi connectivity index (χ0v) is 16.6. The number of rotatable bonds is 8. The zero-order valence-electron chi connectivity index (χ0n) is 16.6. The standard InChI is InChI=1S/C21H26N6O/c1-15-6-4-9-22-19(15)27(3)11-5-10-23-21-25-14-18(20(28)26-21)12-17-8-7-16(2)24-13-17/h4,6-9,13-14H,5,10-12H2,1-3H3,(H2,23,25,26,28). The van der Waals surface area contributed by atoms with Gasteiger partial charge in [0.05, 0.1) is 0 Å². The minimum atomic E-state index is -0.126. The summed E-state index contributed by atoms with van der Waals surface area (Å²) in [7, 11) is 2.03. The molecule has 0 unspecified atom stereocenters. The normalized spacial score (nSPS) is 10.7. The monoisotopic (exact) mass is 378 g/mol. The Morgan fingerprint density at radius 1 is 1.11 bits per heavy atom. The number of nitrogens with one attached hydrogen (secondary N) is 2. The van der Waals surface area contributed by atoms with Crippen LogP contribution in [0.1, 0.15) is 28.8 Å². The van der Waals surface area contributed by atoms with E-state index in [4.69, 9.17) is 0 Å². The number of pyridine rings is 2. The summed E-state index contributed by atoms with van der Waals surface area (Å²) in [5.74, 6) is 1.48. The highest BCUT2D eigenvalue weighted by Gasteiger charge is 2.06. The zero-order chi connectivity index (χ0) is 19.9. The average molecular weight is 378 g/mol. The van der Waals surface area contributed by atoms with E-state index in [2.05, 4.69) is 43.1 Å². The van der Waals surface area contributed by atoms with Crippen molar-refractivity contribution in [1.29, 1.82) is 0 Å². The summed E-state index contributed by atoms with van der Waals surface area (Å²) in [6.45, 7) is 5.56. The molecule has 0 aromatic carbocycles. The van der Waals surface area contributed by atoms with Crippen LogP contribution in [0, 0.1) is 13.8 Å². The maximum Gasteiger partial charge on any atom is 0.255 e. The summed E-state index contributed by atoms with van der Waals surface area (Å²) in [6, 6.07) is 7.92. The van der Waals surface area contributed by atoms with Gasteiger partial charge < -0.3 is 10.2 Å². The van der Waals surface area contributed by atoms with Crippen molar-refractivity contribution in [1.82, 2.24) is 19.9 Å². The van der Waals surface area contributed by atoms with Crippen LogP contribution in [0.2, 0.25) is 0 Å². The molecule has 28 heavy (non-hydrogen) atoms. The highest BCUT2D eigenvalue weighted by atomic mass is 16.1. The molecule has 0 saturated carbocycles. The van der Waals surface area contributed by atoms with Gasteiger partial charge in [-0.25, -0.2) is 9.97 Å². The lowest BCUT2D eigenvalue weighted by Crippen LogP contribution is -2.23. The third kappa shape index (κ3) is 5.16. The van der Waals surface area contributed by atoms with Crippen molar-refractivity contribution >= 4 is 11.8 Å². The SMILES string of the molecule is Cc1ccc(Cc2cnc(NCCCN(C)c3ncccc3C)[nH]c2=O)cn1. The lowest BCUT2D eigenvalue weighted by molar-refractivity contribution is 0.797. The molecule has 3 aromatic rings. The van der Waals surface area contributed by atoms with Crippen LogP contribution in [0.25, 0.3) is 0 Å². The summed E-state index contributed by atoms with van der Waals surface area (Å²) >= 11 is 0. The van der Waals surface area contributed by atoms with Crippen molar-refractivity contribution < 1.29 is 0 Å². The van der Waals surface area contributed by atoms with E-state index in [0.29, 0.717) is 24.5 Å². The highest BCUT2D eigenvalue weighted by molar-refractivity contribution is 5.44. The quantitative estimate of drug-likeness (QED) is 0.586. The fourth-order valence-corrected chi connectivity index (χ4v) is 2.97. The number of aromatic nitrogens is 4. The van der Waals surface area contributed by atoms with Crippen LogP contribution in [0.4, 0.5) is 11.8 Å². The molecular weight excluding hydrogens is 352 g/mol. The van der Waals surface area contributed by atoms with Crippen molar-refractivity contribution in [2.24, 2.45) is 0 Å². The Bertz CT molecular complexity index is 967. The van der Waals surface area contributed by atoms with E-state index in [1.165, 1.54) is 0 Å². The van der Waals surface area contributed by atoms with Crippen molar-refractivity contribution in [3.63, 3.8) is 0 Å². The van der Waals surface area contributed by atoms with Gasteiger partial charge in [0.2, 0.25) is 5.95 Å². The molecule has 3 rings (SSSR count). The van der Waals surface area contributed by atoms with Gasteiger partial charge in [-0.05, 0) is 43.5 Å². The minimum Gasteiger partial charge on any atom is -0.359 e. The van der Waals surface area contributed by atoms with Crippen LogP contribution in [-0.2, 0) is 6.42 Å². The predicted octanol–water partition coefficient (Wildman–Crippen LogP) is 2.71. The molecule has 0 radical (unpaired) electrons. The summed E-state index contributed by atoms with van der Waals surface area (Å²) in [4.78, 5) is 30.3. The lowest BCUT2D eigenvalue weighted by Gasteiger charge is -2.19. The number of nitrogens with zero attached hydrogens (tertiary/aromatic N) is 4. The fraction of sp³-hybridized carbons (Fsp3) is 0.333. The Kier molecular flexibility index (Phi) is 6.37. The smallest absolute Gasteiger partial charge is 0.255 e. The number of aryl methyl sites for hydroxylation is 2. The number of anilines is 2. The van der Waals surface area contributed by atoms with Gasteiger partial charge in [-0.1, -0.05) is 12.1 Å². The summed E-state index contributed by atoms with van der Waals surface area (Å²) in [6.07, 6.45) is 6.64. The third-order valence-corrected chi connectivity index (χ3v) is 4.55. The maximum absolute atomic E-state index is 12.3. The summed E-state index contributed by atoms with van der Waals surface area (Å²) in [5.41, 5.74) is 3.61. The van der Waals surface area contributed by atoms with Crippen LogP contribution in [-0.4, -0.2) is 40.1 Å². The Morgan fingerprint density at radius 2 is 1.96 bits per heavy atom. The van der Waals surface area contributed by atoms with Crippen molar-refractivity contribution in [2.75, 3.05) is 30.4 Å². The molecule has 0 amide bonds. The summed E-state index contributed by atoms with van der Waals surface area (Å²) < 4.78 is 0. The van der Waals surface area contributed by atoms with Gasteiger partial charge in [0.15, 0.2) is 0 Å². The minimum absolute atomic E-state index is 0.126. The molecule has 0 spiro atoms. The molecule has 0 bridgehead atoms. The molecule has 0 aliphatic rings. The molecule has 2 N–H and O–H groups in total. The van der Waals surface area contributed by atoms with Crippen molar-refractivity contribution in [3.8, 4) is 0 Å². The van der Waals surface area contributed by atoms with E-state index in [1.807, 2.05) is 32.2 Å². The first-order chi connectivity index (χ1) is 13.5. The van der Waals surface area contributed by atoms with Gasteiger partial charge in [0.1, 0.15) is 5.82 Å². The first-order valence-electron chi connectivity index (χ1n) is 9.39. The van der Waals surface area contributed by atoms with Gasteiger partial charge in [-0.15, -0.1) is 0 Å². The number of hydrogen-bond donors (Lipinski definition) is 2. The van der Waals surface area contributed by atoms with Crippen LogP contribution in [0.5, 0.6) is 0 Å². The van der Waals surface area contributed by atoms with Gasteiger partial charge in [0, 0.05) is 56.4 Å². The second-order valence-electron chi connectivity index (χ2n) is 6.92. The Labute approximate surface area is 164 Å². The van der Waals surface area contributed by atoms with E-state index in [-0.39, 0.29) is 5.56 Å². The number of aromatic amines is 1. The van der Waals surface area contributed by atoms with E-state index in [1.54, 1.807) is 18.6 Å². The molecule has 3 heterocycles. The van der Waals surface area contributed by atoms with E-state index >= 15 is 0 Å². The van der Waals surface area contributed by atoms with Crippen LogP contribution in [0.15, 0.2) is 47.7 Å². The van der Waals surface area contributed by atoms with Gasteiger partial charge in [-0.2, -0.15) is 0 Å². The second kappa shape index (κ2) is 9.12. The van der Waals surface area contributed by atoms with Crippen molar-refractivity contribution in [2.45, 2.75) is 26.7 Å². The molecule has 0 aliphatic carbocycles. The molecule has 7 heteroatoms. The molecule has 0 saturated heterocycles. The van der Waals surface area contributed by atoms with Crippen LogP contribution >= 0.6 is 0 Å². The average Bonchev–Trinajstić information content (AvgIpc) is 2.69. The van der Waals surface area contributed by atoms with E-state index < -0.39 is 0 Å². The van der Waals surface area contributed by atoms with E-state index in [0.717, 1.165) is 35.6 Å². The molecule has 146 valence electrons. The molecular formula is C21H26N6O. The third-order valence-electron chi connectivity index (χ3n) is 4.55. The highest BCUT2D eigenvalue weighted by Crippen LogP contribution is 2.14. The molecule has 0 atom stereocenters. The summed E-state index contributed by atoms with van der Waals surface area (Å²) in [5, 5.41) is 3.18. The Balaban J connectivity index is 1.50. The van der Waals surface area contributed by atoms with E-state index in [9.17, 15) is 4.79 Å². The molecule has 7 nitrogen and oxygen atoms in total. The predicted molar refractivity (Wildman–Crippen MR) is 112 cm³/mol. The Morgan fingerprint density at radius 3 is 2.68 bits per heavy atom. The van der Waals surface area contributed by atoms with Crippen LogP contribution in [0.3, 0.4) is 0 Å². The first kappa shape index (κ1) is 19.5. The lowest BCUT2D eigenvalue weighted by atomic mass is 10.1. The number of hydrogen-bond acceptors (Lipinski definition) is 6. The second-order valence-corrected chi connectivity index (χ2v) is 6.92. The van der Waals surface area contributed by atoms with Gasteiger partial charge >= 0.3 is 0 Å². The van der Waals surface area contributed by atoms with Crippen molar-refractivity contribution in [3.05, 3.63) is 75.6 Å². The fourth-order valence-electron chi connectivity index (χ4n) is 2.97.